The highest BCUT2D eigenvalue weighted by Gasteiger charge is 2.33. The Morgan fingerprint density at radius 2 is 2.00 bits per heavy atom. The van der Waals surface area contributed by atoms with Crippen LogP contribution >= 0.6 is 0 Å². The van der Waals surface area contributed by atoms with Gasteiger partial charge in [-0.1, -0.05) is 0 Å². The maximum atomic E-state index is 12.4. The van der Waals surface area contributed by atoms with E-state index in [2.05, 4.69) is 14.2 Å². The van der Waals surface area contributed by atoms with Crippen LogP contribution in [0.4, 0.5) is 22.0 Å². The summed E-state index contributed by atoms with van der Waals surface area (Å²) in [6, 6.07) is 2.78. The lowest BCUT2D eigenvalue weighted by Gasteiger charge is -2.15. The molecule has 23 heavy (non-hydrogen) atoms. The van der Waals surface area contributed by atoms with E-state index in [1.165, 1.54) is 13.0 Å². The Morgan fingerprint density at radius 3 is 2.48 bits per heavy atom. The van der Waals surface area contributed by atoms with Crippen LogP contribution in [0.15, 0.2) is 12.1 Å². The number of hydrogen-bond acceptors (Lipinski definition) is 5. The lowest BCUT2D eigenvalue weighted by Crippen LogP contribution is -2.19. The molecule has 0 fully saturated rings. The molecule has 0 radical (unpaired) electrons. The third kappa shape index (κ3) is 5.98. The van der Waals surface area contributed by atoms with Crippen LogP contribution in [0.5, 0.6) is 11.5 Å². The van der Waals surface area contributed by atoms with Crippen LogP contribution in [0.25, 0.3) is 0 Å². The monoisotopic (exact) mass is 339 g/mol. The van der Waals surface area contributed by atoms with Crippen molar-refractivity contribution in [2.24, 2.45) is 0 Å². The molecule has 126 valence electrons. The van der Waals surface area contributed by atoms with Gasteiger partial charge in [-0.25, -0.2) is 0 Å². The summed E-state index contributed by atoms with van der Waals surface area (Å²) in [7, 11) is 0. The van der Waals surface area contributed by atoms with Crippen molar-refractivity contribution in [1.82, 2.24) is 0 Å². The fraction of sp³-hybridized carbons (Fsp3) is 0.385. The van der Waals surface area contributed by atoms with Crippen LogP contribution in [-0.4, -0.2) is 25.6 Å². The van der Waals surface area contributed by atoms with E-state index in [0.717, 1.165) is 6.07 Å². The first-order valence-corrected chi connectivity index (χ1v) is 6.09. The third-order valence-corrected chi connectivity index (χ3v) is 2.36. The Labute approximate surface area is 127 Å². The number of esters is 1. The Kier molecular flexibility index (Phi) is 6.12. The predicted octanol–water partition coefficient (Wildman–Crippen LogP) is 3.16. The van der Waals surface area contributed by atoms with Gasteiger partial charge in [0.25, 0.3) is 0 Å². The van der Waals surface area contributed by atoms with Crippen molar-refractivity contribution in [2.45, 2.75) is 26.3 Å². The molecule has 1 aromatic rings. The van der Waals surface area contributed by atoms with Crippen molar-refractivity contribution in [3.05, 3.63) is 23.3 Å². The predicted molar refractivity (Wildman–Crippen MR) is 64.8 cm³/mol. The molecular weight excluding hydrogens is 329 g/mol. The van der Waals surface area contributed by atoms with Gasteiger partial charge in [0.05, 0.1) is 18.6 Å². The number of carbonyl (C=O) groups excluding carboxylic acids is 1. The van der Waals surface area contributed by atoms with Crippen molar-refractivity contribution in [2.75, 3.05) is 6.61 Å². The zero-order valence-electron chi connectivity index (χ0n) is 11.6. The van der Waals surface area contributed by atoms with Crippen molar-refractivity contribution in [3.63, 3.8) is 0 Å². The van der Waals surface area contributed by atoms with Crippen LogP contribution in [0.3, 0.4) is 0 Å². The van der Waals surface area contributed by atoms with Crippen LogP contribution in [0, 0.1) is 11.3 Å². The average molecular weight is 339 g/mol. The highest BCUT2D eigenvalue weighted by Crippen LogP contribution is 2.33. The molecule has 0 spiro atoms. The van der Waals surface area contributed by atoms with Gasteiger partial charge in [-0.05, 0) is 18.6 Å². The molecule has 1 aromatic carbocycles. The standard InChI is InChI=1S/C13H10F5NO4/c1-2-21-11(20)4-7-3-8(22-12(14)15)5-10(9(7)6-19)23-13(16,17)18/h3,5,12H,2,4H2,1H3. The van der Waals surface area contributed by atoms with E-state index in [0.29, 0.717) is 6.07 Å². The number of hydrogen-bond donors (Lipinski definition) is 0. The number of nitrogens with zero attached hydrogens (tertiary/aromatic N) is 1. The maximum absolute atomic E-state index is 12.4. The fourth-order valence-corrected chi connectivity index (χ4v) is 1.66. The molecule has 5 nitrogen and oxygen atoms in total. The zero-order valence-corrected chi connectivity index (χ0v) is 11.6. The Morgan fingerprint density at radius 1 is 1.35 bits per heavy atom. The number of nitriles is 1. The first kappa shape index (κ1) is 18.5. The Bertz CT molecular complexity index is 610. The second kappa shape index (κ2) is 7.62. The number of halogens is 5. The van der Waals surface area contributed by atoms with Gasteiger partial charge in [0.15, 0.2) is 5.75 Å². The Balaban J connectivity index is 3.31. The van der Waals surface area contributed by atoms with E-state index in [-0.39, 0.29) is 12.2 Å². The lowest BCUT2D eigenvalue weighted by atomic mass is 10.0. The van der Waals surface area contributed by atoms with E-state index < -0.39 is 42.4 Å². The highest BCUT2D eigenvalue weighted by molar-refractivity contribution is 5.74. The van der Waals surface area contributed by atoms with Gasteiger partial charge in [0.2, 0.25) is 0 Å². The smallest absolute Gasteiger partial charge is 0.466 e. The molecule has 0 saturated carbocycles. The normalized spacial score (nSPS) is 11.0. The molecule has 0 aliphatic carbocycles. The number of rotatable bonds is 6. The molecule has 0 bridgehead atoms. The number of benzene rings is 1. The molecule has 0 aliphatic heterocycles. The molecule has 0 saturated heterocycles. The van der Waals surface area contributed by atoms with Gasteiger partial charge in [-0.2, -0.15) is 14.0 Å². The van der Waals surface area contributed by atoms with E-state index in [9.17, 15) is 26.7 Å². The van der Waals surface area contributed by atoms with E-state index in [1.807, 2.05) is 0 Å². The molecule has 10 heteroatoms. The second-order valence-corrected chi connectivity index (χ2v) is 3.98. The molecule has 0 atom stereocenters. The third-order valence-electron chi connectivity index (χ3n) is 2.36. The van der Waals surface area contributed by atoms with Gasteiger partial charge in [0.1, 0.15) is 11.8 Å². The summed E-state index contributed by atoms with van der Waals surface area (Å²) in [5.74, 6) is -2.58. The van der Waals surface area contributed by atoms with Crippen molar-refractivity contribution >= 4 is 5.97 Å². The van der Waals surface area contributed by atoms with E-state index >= 15 is 0 Å². The zero-order chi connectivity index (χ0) is 17.6. The maximum Gasteiger partial charge on any atom is 0.573 e. The quantitative estimate of drug-likeness (QED) is 0.588. The summed E-state index contributed by atoms with van der Waals surface area (Å²) < 4.78 is 73.8. The molecule has 0 heterocycles. The minimum atomic E-state index is -5.16. The van der Waals surface area contributed by atoms with Gasteiger partial charge in [-0.15, -0.1) is 13.2 Å². The average Bonchev–Trinajstić information content (AvgIpc) is 2.36. The van der Waals surface area contributed by atoms with Crippen LogP contribution in [-0.2, 0) is 16.0 Å². The Hall–Kier alpha value is -2.57. The van der Waals surface area contributed by atoms with Gasteiger partial charge in [0, 0.05) is 6.07 Å². The second-order valence-electron chi connectivity index (χ2n) is 3.98. The summed E-state index contributed by atoms with van der Waals surface area (Å²) in [6.07, 6.45) is -5.76. The largest absolute Gasteiger partial charge is 0.573 e. The number of ether oxygens (including phenoxy) is 3. The summed E-state index contributed by atoms with van der Waals surface area (Å²) in [5, 5.41) is 8.97. The van der Waals surface area contributed by atoms with Gasteiger partial charge < -0.3 is 14.2 Å². The molecule has 0 unspecified atom stereocenters. The minimum absolute atomic E-state index is 0.000146. The van der Waals surface area contributed by atoms with Crippen LogP contribution < -0.4 is 9.47 Å². The van der Waals surface area contributed by atoms with Crippen LogP contribution in [0.2, 0.25) is 0 Å². The first-order valence-electron chi connectivity index (χ1n) is 6.09. The SMILES string of the molecule is CCOC(=O)Cc1cc(OC(F)F)cc(OC(F)(F)F)c1C#N. The molecule has 0 aliphatic rings. The van der Waals surface area contributed by atoms with Crippen molar-refractivity contribution < 1.29 is 41.0 Å². The molecule has 0 aromatic heterocycles. The fourth-order valence-electron chi connectivity index (χ4n) is 1.66. The summed E-state index contributed by atoms with van der Waals surface area (Å²) in [5.41, 5.74) is -0.916. The first-order chi connectivity index (χ1) is 10.7. The molecule has 0 amide bonds. The topological polar surface area (TPSA) is 68.6 Å². The number of carbonyl (C=O) groups is 1. The molecular formula is C13H10F5NO4. The van der Waals surface area contributed by atoms with Gasteiger partial charge in [-0.3, -0.25) is 4.79 Å². The molecule has 0 N–H and O–H groups in total. The summed E-state index contributed by atoms with van der Waals surface area (Å²) in [6.45, 7) is -1.81. The highest BCUT2D eigenvalue weighted by atomic mass is 19.4. The van der Waals surface area contributed by atoms with Crippen LogP contribution in [0.1, 0.15) is 18.1 Å². The minimum Gasteiger partial charge on any atom is -0.466 e. The molecule has 1 rings (SSSR count). The van der Waals surface area contributed by atoms with E-state index in [1.54, 1.807) is 0 Å². The lowest BCUT2D eigenvalue weighted by molar-refractivity contribution is -0.274. The summed E-state index contributed by atoms with van der Waals surface area (Å²) in [4.78, 5) is 11.4. The van der Waals surface area contributed by atoms with E-state index in [4.69, 9.17) is 5.26 Å². The van der Waals surface area contributed by atoms with Crippen molar-refractivity contribution in [1.29, 1.82) is 5.26 Å². The van der Waals surface area contributed by atoms with Gasteiger partial charge >= 0.3 is 18.9 Å². The van der Waals surface area contributed by atoms with Crippen molar-refractivity contribution in [3.8, 4) is 17.6 Å². The number of alkyl halides is 5. The summed E-state index contributed by atoms with van der Waals surface area (Å²) >= 11 is 0.